The second kappa shape index (κ2) is 7.27. The molecule has 1 atom stereocenters. The molecule has 1 aromatic carbocycles. The van der Waals surface area contributed by atoms with Crippen LogP contribution in [0.2, 0.25) is 5.02 Å². The minimum Gasteiger partial charge on any atom is -0.497 e. The SMILES string of the molecule is COC(=O)c1nc(C2CC2)nc(N[C@@H](C)c2cccc(OC)c2)c1Cl. The average Bonchev–Trinajstić information content (AvgIpc) is 3.47. The van der Waals surface area contributed by atoms with Gasteiger partial charge in [0.15, 0.2) is 5.69 Å². The summed E-state index contributed by atoms with van der Waals surface area (Å²) in [4.78, 5) is 20.8. The molecular weight excluding hydrogens is 342 g/mol. The third-order valence-electron chi connectivity index (χ3n) is 4.14. The van der Waals surface area contributed by atoms with Crippen LogP contribution < -0.4 is 10.1 Å². The zero-order chi connectivity index (χ0) is 18.0. The van der Waals surface area contributed by atoms with Crippen LogP contribution in [0.4, 0.5) is 5.82 Å². The largest absolute Gasteiger partial charge is 0.497 e. The molecule has 3 rings (SSSR count). The number of esters is 1. The summed E-state index contributed by atoms with van der Waals surface area (Å²) in [6.07, 6.45) is 2.04. The molecule has 6 nitrogen and oxygen atoms in total. The van der Waals surface area contributed by atoms with E-state index in [1.54, 1.807) is 7.11 Å². The summed E-state index contributed by atoms with van der Waals surface area (Å²) in [7, 11) is 2.94. The fourth-order valence-electron chi connectivity index (χ4n) is 2.52. The van der Waals surface area contributed by atoms with Crippen molar-refractivity contribution in [3.8, 4) is 5.75 Å². The van der Waals surface area contributed by atoms with E-state index in [9.17, 15) is 4.79 Å². The summed E-state index contributed by atoms with van der Waals surface area (Å²) < 4.78 is 10.1. The van der Waals surface area contributed by atoms with Crippen LogP contribution in [0.3, 0.4) is 0 Å². The molecule has 2 aromatic rings. The lowest BCUT2D eigenvalue weighted by molar-refractivity contribution is 0.0593. The highest BCUT2D eigenvalue weighted by Crippen LogP contribution is 2.40. The van der Waals surface area contributed by atoms with Crippen LogP contribution in [0.1, 0.15) is 53.6 Å². The molecule has 0 bridgehead atoms. The number of ether oxygens (including phenoxy) is 2. The van der Waals surface area contributed by atoms with Crippen LogP contribution in [0.25, 0.3) is 0 Å². The minimum absolute atomic E-state index is 0.0833. The van der Waals surface area contributed by atoms with E-state index in [2.05, 4.69) is 15.3 Å². The average molecular weight is 362 g/mol. The molecule has 1 heterocycles. The number of methoxy groups -OCH3 is 2. The molecule has 7 heteroatoms. The molecule has 0 spiro atoms. The van der Waals surface area contributed by atoms with Crippen molar-refractivity contribution in [1.82, 2.24) is 9.97 Å². The van der Waals surface area contributed by atoms with Gasteiger partial charge in [-0.2, -0.15) is 0 Å². The van der Waals surface area contributed by atoms with Gasteiger partial charge in [-0.1, -0.05) is 23.7 Å². The molecule has 1 saturated carbocycles. The van der Waals surface area contributed by atoms with E-state index in [1.807, 2.05) is 31.2 Å². The predicted molar refractivity (Wildman–Crippen MR) is 95.4 cm³/mol. The highest BCUT2D eigenvalue weighted by Gasteiger charge is 2.30. The highest BCUT2D eigenvalue weighted by atomic mass is 35.5. The number of anilines is 1. The smallest absolute Gasteiger partial charge is 0.358 e. The Labute approximate surface area is 151 Å². The first-order chi connectivity index (χ1) is 12.0. The second-order valence-electron chi connectivity index (χ2n) is 6.00. The number of carbonyl (C=O) groups excluding carboxylic acids is 1. The van der Waals surface area contributed by atoms with Crippen LogP contribution in [0, 0.1) is 0 Å². The van der Waals surface area contributed by atoms with Crippen molar-refractivity contribution in [1.29, 1.82) is 0 Å². The predicted octanol–water partition coefficient (Wildman–Crippen LogP) is 3.98. The van der Waals surface area contributed by atoms with Gasteiger partial charge in [0, 0.05) is 5.92 Å². The van der Waals surface area contributed by atoms with Gasteiger partial charge in [-0.25, -0.2) is 14.8 Å². The number of rotatable bonds is 6. The van der Waals surface area contributed by atoms with Gasteiger partial charge in [0.25, 0.3) is 0 Å². The Kier molecular flexibility index (Phi) is 5.08. The van der Waals surface area contributed by atoms with Gasteiger partial charge in [-0.3, -0.25) is 0 Å². The van der Waals surface area contributed by atoms with E-state index in [0.29, 0.717) is 11.6 Å². The fourth-order valence-corrected chi connectivity index (χ4v) is 2.73. The van der Waals surface area contributed by atoms with Crippen LogP contribution >= 0.6 is 11.6 Å². The number of halogens is 1. The van der Waals surface area contributed by atoms with Crippen molar-refractivity contribution in [3.05, 3.63) is 46.4 Å². The Morgan fingerprint density at radius 2 is 2.08 bits per heavy atom. The van der Waals surface area contributed by atoms with Crippen molar-refractivity contribution < 1.29 is 14.3 Å². The molecule has 0 unspecified atom stereocenters. The molecular formula is C18H20ClN3O3. The zero-order valence-corrected chi connectivity index (χ0v) is 15.1. The van der Waals surface area contributed by atoms with Crippen LogP contribution in [0.15, 0.2) is 24.3 Å². The Morgan fingerprint density at radius 1 is 1.32 bits per heavy atom. The van der Waals surface area contributed by atoms with E-state index in [4.69, 9.17) is 21.1 Å². The zero-order valence-electron chi connectivity index (χ0n) is 14.4. The van der Waals surface area contributed by atoms with Gasteiger partial charge in [-0.15, -0.1) is 0 Å². The van der Waals surface area contributed by atoms with Crippen molar-refractivity contribution in [2.45, 2.75) is 31.7 Å². The number of aromatic nitrogens is 2. The molecule has 132 valence electrons. The maximum Gasteiger partial charge on any atom is 0.358 e. The first-order valence-corrected chi connectivity index (χ1v) is 8.47. The fraction of sp³-hybridized carbons (Fsp3) is 0.389. The quantitative estimate of drug-likeness (QED) is 0.784. The number of nitrogens with zero attached hydrogens (tertiary/aromatic N) is 2. The molecule has 1 aliphatic carbocycles. The molecule has 1 fully saturated rings. The Morgan fingerprint density at radius 3 is 2.72 bits per heavy atom. The molecule has 0 amide bonds. The topological polar surface area (TPSA) is 73.3 Å². The van der Waals surface area contributed by atoms with E-state index >= 15 is 0 Å². The first-order valence-electron chi connectivity index (χ1n) is 8.09. The summed E-state index contributed by atoms with van der Waals surface area (Å²) in [6.45, 7) is 1.99. The van der Waals surface area contributed by atoms with Gasteiger partial charge in [0.05, 0.1) is 20.3 Å². The molecule has 25 heavy (non-hydrogen) atoms. The van der Waals surface area contributed by atoms with Gasteiger partial charge >= 0.3 is 5.97 Å². The molecule has 1 N–H and O–H groups in total. The maximum absolute atomic E-state index is 12.0. The first kappa shape index (κ1) is 17.5. The molecule has 0 radical (unpaired) electrons. The van der Waals surface area contributed by atoms with Crippen molar-refractivity contribution in [2.75, 3.05) is 19.5 Å². The molecule has 1 aliphatic rings. The van der Waals surface area contributed by atoms with Crippen LogP contribution in [-0.2, 0) is 4.74 Å². The normalized spacial score (nSPS) is 14.7. The number of hydrogen-bond acceptors (Lipinski definition) is 6. The molecule has 1 aromatic heterocycles. The van der Waals surface area contributed by atoms with E-state index in [-0.39, 0.29) is 22.7 Å². The third kappa shape index (κ3) is 3.85. The molecule has 0 aliphatic heterocycles. The molecule has 0 saturated heterocycles. The summed E-state index contributed by atoms with van der Waals surface area (Å²) in [6, 6.07) is 7.64. The van der Waals surface area contributed by atoms with Crippen LogP contribution in [-0.4, -0.2) is 30.2 Å². The second-order valence-corrected chi connectivity index (χ2v) is 6.38. The number of carbonyl (C=O) groups is 1. The van der Waals surface area contributed by atoms with Crippen molar-refractivity contribution >= 4 is 23.4 Å². The van der Waals surface area contributed by atoms with E-state index in [0.717, 1.165) is 24.2 Å². The van der Waals surface area contributed by atoms with Crippen molar-refractivity contribution in [3.63, 3.8) is 0 Å². The number of benzene rings is 1. The minimum atomic E-state index is -0.564. The Balaban J connectivity index is 1.92. The summed E-state index contributed by atoms with van der Waals surface area (Å²) in [5.41, 5.74) is 1.11. The lowest BCUT2D eigenvalue weighted by atomic mass is 10.1. The highest BCUT2D eigenvalue weighted by molar-refractivity contribution is 6.35. The summed E-state index contributed by atoms with van der Waals surface area (Å²) >= 11 is 6.36. The Bertz CT molecular complexity index is 793. The van der Waals surface area contributed by atoms with E-state index < -0.39 is 5.97 Å². The third-order valence-corrected chi connectivity index (χ3v) is 4.49. The lowest BCUT2D eigenvalue weighted by Gasteiger charge is -2.18. The number of nitrogens with one attached hydrogen (secondary N) is 1. The lowest BCUT2D eigenvalue weighted by Crippen LogP contribution is -2.14. The maximum atomic E-state index is 12.0. The van der Waals surface area contributed by atoms with Crippen molar-refractivity contribution in [2.24, 2.45) is 0 Å². The monoisotopic (exact) mass is 361 g/mol. The summed E-state index contributed by atoms with van der Waals surface area (Å²) in [5, 5.41) is 3.45. The van der Waals surface area contributed by atoms with Gasteiger partial charge in [0.1, 0.15) is 22.4 Å². The van der Waals surface area contributed by atoms with Gasteiger partial charge < -0.3 is 14.8 Å². The van der Waals surface area contributed by atoms with Crippen LogP contribution in [0.5, 0.6) is 5.75 Å². The standard InChI is InChI=1S/C18H20ClN3O3/c1-10(12-5-4-6-13(9-12)24-2)20-17-14(19)15(18(23)25-3)21-16(22-17)11-7-8-11/h4-6,9-11H,7-8H2,1-3H3,(H,20,21,22)/t10-/m0/s1. The van der Waals surface area contributed by atoms with Gasteiger partial charge in [-0.05, 0) is 37.5 Å². The summed E-state index contributed by atoms with van der Waals surface area (Å²) in [5.74, 6) is 1.56. The van der Waals surface area contributed by atoms with Gasteiger partial charge in [0.2, 0.25) is 0 Å². The number of hydrogen-bond donors (Lipinski definition) is 1. The van der Waals surface area contributed by atoms with E-state index in [1.165, 1.54) is 7.11 Å². The Hall–Kier alpha value is -2.34.